The van der Waals surface area contributed by atoms with Gasteiger partial charge in [0.15, 0.2) is 0 Å². The monoisotopic (exact) mass is 284 g/mol. The maximum absolute atomic E-state index is 12.7. The average molecular weight is 284 g/mol. The van der Waals surface area contributed by atoms with E-state index in [0.717, 1.165) is 36.9 Å². The second kappa shape index (κ2) is 7.28. The van der Waals surface area contributed by atoms with Crippen molar-refractivity contribution in [2.24, 2.45) is 11.7 Å². The summed E-state index contributed by atoms with van der Waals surface area (Å²) in [5.41, 5.74) is 6.97. The highest BCUT2D eigenvalue weighted by Crippen LogP contribution is 2.29. The summed E-state index contributed by atoms with van der Waals surface area (Å²) < 4.78 is 0. The third-order valence-corrected chi connectivity index (χ3v) is 3.64. The van der Waals surface area contributed by atoms with Gasteiger partial charge < -0.3 is 10.6 Å². The summed E-state index contributed by atoms with van der Waals surface area (Å²) in [4.78, 5) is 14.8. The van der Waals surface area contributed by atoms with E-state index in [1.165, 1.54) is 0 Å². The molecule has 3 heteroatoms. The minimum absolute atomic E-state index is 0.134. The number of rotatable bonds is 5. The standard InChI is InChI=1S/C18H24N2O/c1-14(2)10-12-20(17-8-9-17)18(21)16-7-3-5-15(13-16)6-4-11-19/h3,5,7,13-14,17H,8-12,19H2,1-2H3. The quantitative estimate of drug-likeness (QED) is 0.845. The molecule has 0 atom stereocenters. The molecule has 3 nitrogen and oxygen atoms in total. The van der Waals surface area contributed by atoms with E-state index in [9.17, 15) is 4.79 Å². The van der Waals surface area contributed by atoms with Gasteiger partial charge in [-0.05, 0) is 43.4 Å². The van der Waals surface area contributed by atoms with Crippen molar-refractivity contribution in [3.63, 3.8) is 0 Å². The summed E-state index contributed by atoms with van der Waals surface area (Å²) in [5.74, 6) is 6.56. The Bertz CT molecular complexity index is 550. The lowest BCUT2D eigenvalue weighted by atomic mass is 10.1. The minimum atomic E-state index is 0.134. The maximum Gasteiger partial charge on any atom is 0.254 e. The molecule has 0 heterocycles. The molecule has 0 aliphatic heterocycles. The second-order valence-corrected chi connectivity index (χ2v) is 6.00. The molecule has 2 rings (SSSR count). The van der Waals surface area contributed by atoms with Crippen molar-refractivity contribution in [1.82, 2.24) is 4.90 Å². The fourth-order valence-corrected chi connectivity index (χ4v) is 2.28. The molecule has 0 spiro atoms. The van der Waals surface area contributed by atoms with E-state index in [1.807, 2.05) is 29.2 Å². The fourth-order valence-electron chi connectivity index (χ4n) is 2.28. The van der Waals surface area contributed by atoms with Crippen LogP contribution >= 0.6 is 0 Å². The molecule has 1 amide bonds. The molecule has 0 unspecified atom stereocenters. The SMILES string of the molecule is CC(C)CCN(C(=O)c1cccc(C#CCN)c1)C1CC1. The van der Waals surface area contributed by atoms with E-state index in [0.29, 0.717) is 18.5 Å². The first kappa shape index (κ1) is 15.6. The van der Waals surface area contributed by atoms with Gasteiger partial charge in [-0.1, -0.05) is 31.8 Å². The van der Waals surface area contributed by atoms with E-state index in [-0.39, 0.29) is 5.91 Å². The molecule has 1 aromatic rings. The third kappa shape index (κ3) is 4.61. The summed E-state index contributed by atoms with van der Waals surface area (Å²) in [6.07, 6.45) is 3.32. The Balaban J connectivity index is 2.12. The maximum atomic E-state index is 12.7. The van der Waals surface area contributed by atoms with Crippen LogP contribution in [-0.2, 0) is 0 Å². The van der Waals surface area contributed by atoms with E-state index in [1.54, 1.807) is 0 Å². The summed E-state index contributed by atoms with van der Waals surface area (Å²) >= 11 is 0. The molecule has 1 aliphatic carbocycles. The fraction of sp³-hybridized carbons (Fsp3) is 0.500. The van der Waals surface area contributed by atoms with Crippen LogP contribution in [0.5, 0.6) is 0 Å². The molecule has 1 fully saturated rings. The highest BCUT2D eigenvalue weighted by Gasteiger charge is 2.32. The van der Waals surface area contributed by atoms with Gasteiger partial charge in [-0.3, -0.25) is 4.79 Å². The Morgan fingerprint density at radius 2 is 2.19 bits per heavy atom. The lowest BCUT2D eigenvalue weighted by molar-refractivity contribution is 0.0735. The first-order chi connectivity index (χ1) is 10.1. The van der Waals surface area contributed by atoms with Gasteiger partial charge in [0.2, 0.25) is 0 Å². The van der Waals surface area contributed by atoms with Gasteiger partial charge in [0.05, 0.1) is 6.54 Å². The third-order valence-electron chi connectivity index (χ3n) is 3.64. The van der Waals surface area contributed by atoms with Crippen molar-refractivity contribution < 1.29 is 4.79 Å². The number of nitrogens with two attached hydrogens (primary N) is 1. The predicted octanol–water partition coefficient (Wildman–Crippen LogP) is 2.65. The lowest BCUT2D eigenvalue weighted by Crippen LogP contribution is -2.34. The van der Waals surface area contributed by atoms with Crippen molar-refractivity contribution in [3.8, 4) is 11.8 Å². The summed E-state index contributed by atoms with van der Waals surface area (Å²) in [6.45, 7) is 5.57. The zero-order valence-electron chi connectivity index (χ0n) is 12.9. The smallest absolute Gasteiger partial charge is 0.254 e. The number of amides is 1. The molecule has 21 heavy (non-hydrogen) atoms. The Kier molecular flexibility index (Phi) is 5.41. The molecule has 1 saturated carbocycles. The van der Waals surface area contributed by atoms with Gasteiger partial charge in [0.25, 0.3) is 5.91 Å². The first-order valence-corrected chi connectivity index (χ1v) is 7.71. The van der Waals surface area contributed by atoms with Gasteiger partial charge in [0.1, 0.15) is 0 Å². The van der Waals surface area contributed by atoms with Crippen LogP contribution in [0.4, 0.5) is 0 Å². The predicted molar refractivity (Wildman–Crippen MR) is 85.9 cm³/mol. The van der Waals surface area contributed by atoms with Crippen LogP contribution in [0, 0.1) is 17.8 Å². The lowest BCUT2D eigenvalue weighted by Gasteiger charge is -2.23. The number of benzene rings is 1. The van der Waals surface area contributed by atoms with Crippen LogP contribution in [0.1, 0.15) is 49.0 Å². The molecule has 0 radical (unpaired) electrons. The molecule has 2 N–H and O–H groups in total. The number of nitrogens with zero attached hydrogens (tertiary/aromatic N) is 1. The van der Waals surface area contributed by atoms with Crippen LogP contribution in [0.3, 0.4) is 0 Å². The Hall–Kier alpha value is -1.79. The molecule has 1 aliphatic rings. The van der Waals surface area contributed by atoms with E-state index in [4.69, 9.17) is 5.73 Å². The van der Waals surface area contributed by atoms with Crippen molar-refractivity contribution in [3.05, 3.63) is 35.4 Å². The molecular weight excluding hydrogens is 260 g/mol. The van der Waals surface area contributed by atoms with Crippen molar-refractivity contribution in [2.45, 2.75) is 39.2 Å². The first-order valence-electron chi connectivity index (χ1n) is 7.71. The summed E-state index contributed by atoms with van der Waals surface area (Å²) in [5, 5.41) is 0. The average Bonchev–Trinajstić information content (AvgIpc) is 3.30. The number of carbonyl (C=O) groups is 1. The zero-order valence-corrected chi connectivity index (χ0v) is 12.9. The molecule has 0 aromatic heterocycles. The topological polar surface area (TPSA) is 46.3 Å². The van der Waals surface area contributed by atoms with Crippen molar-refractivity contribution in [2.75, 3.05) is 13.1 Å². The largest absolute Gasteiger partial charge is 0.336 e. The molecular formula is C18H24N2O. The number of carbonyl (C=O) groups excluding carboxylic acids is 1. The van der Waals surface area contributed by atoms with Crippen LogP contribution in [-0.4, -0.2) is 29.9 Å². The molecule has 0 saturated heterocycles. The molecule has 0 bridgehead atoms. The van der Waals surface area contributed by atoms with E-state index in [2.05, 4.69) is 25.7 Å². The van der Waals surface area contributed by atoms with E-state index >= 15 is 0 Å². The van der Waals surface area contributed by atoms with Crippen LogP contribution in [0.15, 0.2) is 24.3 Å². The molecule has 112 valence electrons. The number of hydrogen-bond acceptors (Lipinski definition) is 2. The number of hydrogen-bond donors (Lipinski definition) is 1. The van der Waals surface area contributed by atoms with Gasteiger partial charge in [-0.15, -0.1) is 0 Å². The minimum Gasteiger partial charge on any atom is -0.336 e. The Morgan fingerprint density at radius 1 is 1.43 bits per heavy atom. The van der Waals surface area contributed by atoms with Crippen LogP contribution in [0.2, 0.25) is 0 Å². The van der Waals surface area contributed by atoms with Crippen molar-refractivity contribution >= 4 is 5.91 Å². The highest BCUT2D eigenvalue weighted by atomic mass is 16.2. The Morgan fingerprint density at radius 3 is 2.81 bits per heavy atom. The second-order valence-electron chi connectivity index (χ2n) is 6.00. The molecule has 1 aromatic carbocycles. The van der Waals surface area contributed by atoms with Gasteiger partial charge in [-0.25, -0.2) is 0 Å². The summed E-state index contributed by atoms with van der Waals surface area (Å²) in [7, 11) is 0. The van der Waals surface area contributed by atoms with Gasteiger partial charge >= 0.3 is 0 Å². The van der Waals surface area contributed by atoms with Crippen LogP contribution < -0.4 is 5.73 Å². The van der Waals surface area contributed by atoms with Gasteiger partial charge in [-0.2, -0.15) is 0 Å². The normalized spacial score (nSPS) is 13.7. The summed E-state index contributed by atoms with van der Waals surface area (Å²) in [6, 6.07) is 7.99. The zero-order chi connectivity index (χ0) is 15.2. The highest BCUT2D eigenvalue weighted by molar-refractivity contribution is 5.95. The van der Waals surface area contributed by atoms with E-state index < -0.39 is 0 Å². The van der Waals surface area contributed by atoms with Crippen LogP contribution in [0.25, 0.3) is 0 Å². The van der Waals surface area contributed by atoms with Crippen molar-refractivity contribution in [1.29, 1.82) is 0 Å². The Labute approximate surface area is 127 Å². The van der Waals surface area contributed by atoms with Gasteiger partial charge in [0, 0.05) is 23.7 Å².